The van der Waals surface area contributed by atoms with Crippen molar-refractivity contribution in [2.75, 3.05) is 31.7 Å². The zero-order valence-electron chi connectivity index (χ0n) is 11.9. The Morgan fingerprint density at radius 2 is 2.21 bits per heavy atom. The molecule has 1 saturated carbocycles. The number of aromatic nitrogens is 1. The third kappa shape index (κ3) is 3.68. The normalized spacial score (nSPS) is 14.2. The Kier molecular flexibility index (Phi) is 4.39. The monoisotopic (exact) mass is 259 g/mol. The molecule has 0 bridgehead atoms. The van der Waals surface area contributed by atoms with E-state index in [1.807, 2.05) is 27.0 Å². The molecule has 1 fully saturated rings. The molecule has 0 radical (unpaired) electrons. The summed E-state index contributed by atoms with van der Waals surface area (Å²) in [4.78, 5) is 6.41. The quantitative estimate of drug-likeness (QED) is 0.736. The van der Waals surface area contributed by atoms with E-state index in [2.05, 4.69) is 16.0 Å². The number of ether oxygens (including phenoxy) is 1. The fourth-order valence-electron chi connectivity index (χ4n) is 2.10. The first-order chi connectivity index (χ1) is 9.11. The van der Waals surface area contributed by atoms with Gasteiger partial charge >= 0.3 is 0 Å². The summed E-state index contributed by atoms with van der Waals surface area (Å²) in [5.74, 6) is 0.797. The van der Waals surface area contributed by atoms with Crippen LogP contribution in [0.2, 0.25) is 0 Å². The fourth-order valence-corrected chi connectivity index (χ4v) is 2.10. The summed E-state index contributed by atoms with van der Waals surface area (Å²) in [6.45, 7) is 6.22. The molecule has 0 spiro atoms. The Morgan fingerprint density at radius 3 is 2.84 bits per heavy atom. The maximum Gasteiger partial charge on any atom is 0.103 e. The molecule has 4 nitrogen and oxygen atoms in total. The number of hydrogen-bond acceptors (Lipinski definition) is 4. The molecule has 0 saturated heterocycles. The Balaban J connectivity index is 1.96. The van der Waals surface area contributed by atoms with Gasteiger partial charge in [0.15, 0.2) is 0 Å². The smallest absolute Gasteiger partial charge is 0.103 e. The van der Waals surface area contributed by atoms with Crippen molar-refractivity contribution in [3.63, 3.8) is 0 Å². The molecule has 1 aliphatic rings. The largest absolute Gasteiger partial charge is 0.379 e. The van der Waals surface area contributed by atoms with Crippen LogP contribution in [0.5, 0.6) is 0 Å². The van der Waals surface area contributed by atoms with Gasteiger partial charge in [0.25, 0.3) is 0 Å². The van der Waals surface area contributed by atoms with E-state index in [4.69, 9.17) is 4.74 Å². The van der Waals surface area contributed by atoms with Crippen LogP contribution in [0.25, 0.3) is 0 Å². The summed E-state index contributed by atoms with van der Waals surface area (Å²) in [5, 5.41) is 9.24. The minimum Gasteiger partial charge on any atom is -0.379 e. The molecule has 1 heterocycles. The number of likely N-dealkylation sites (N-methyl/N-ethyl adjacent to an activating group) is 1. The summed E-state index contributed by atoms with van der Waals surface area (Å²) >= 11 is 0. The molecule has 2 rings (SSSR count). The Labute approximate surface area is 115 Å². The molecule has 102 valence electrons. The number of pyridine rings is 1. The van der Waals surface area contributed by atoms with Crippen molar-refractivity contribution in [1.82, 2.24) is 4.98 Å². The van der Waals surface area contributed by atoms with Crippen LogP contribution in [0, 0.1) is 31.1 Å². The van der Waals surface area contributed by atoms with Crippen molar-refractivity contribution in [2.45, 2.75) is 26.7 Å². The molecule has 1 aliphatic carbocycles. The second-order valence-electron chi connectivity index (χ2n) is 5.29. The fraction of sp³-hybridized carbons (Fsp3) is 0.600. The summed E-state index contributed by atoms with van der Waals surface area (Å²) in [5.41, 5.74) is 3.35. The number of nitriles is 1. The van der Waals surface area contributed by atoms with Crippen molar-refractivity contribution >= 4 is 5.69 Å². The molecule has 0 aromatic carbocycles. The second kappa shape index (κ2) is 6.03. The molecule has 1 aromatic heterocycles. The second-order valence-corrected chi connectivity index (χ2v) is 5.29. The van der Waals surface area contributed by atoms with E-state index in [1.54, 1.807) is 0 Å². The molecular formula is C15H21N3O. The van der Waals surface area contributed by atoms with Crippen LogP contribution < -0.4 is 4.90 Å². The highest BCUT2D eigenvalue weighted by atomic mass is 16.5. The lowest BCUT2D eigenvalue weighted by atomic mass is 10.1. The van der Waals surface area contributed by atoms with Crippen LogP contribution in [0.4, 0.5) is 5.69 Å². The third-order valence-corrected chi connectivity index (χ3v) is 3.45. The van der Waals surface area contributed by atoms with Crippen LogP contribution in [0.1, 0.15) is 29.8 Å². The Hall–Kier alpha value is -1.60. The van der Waals surface area contributed by atoms with E-state index in [1.165, 1.54) is 12.8 Å². The summed E-state index contributed by atoms with van der Waals surface area (Å²) in [7, 11) is 2.00. The van der Waals surface area contributed by atoms with Crippen LogP contribution in [0.3, 0.4) is 0 Å². The van der Waals surface area contributed by atoms with Crippen LogP contribution in [0.15, 0.2) is 6.07 Å². The van der Waals surface area contributed by atoms with Crippen LogP contribution >= 0.6 is 0 Å². The molecule has 1 aromatic rings. The van der Waals surface area contributed by atoms with Crippen LogP contribution in [-0.4, -0.2) is 31.8 Å². The van der Waals surface area contributed by atoms with E-state index < -0.39 is 0 Å². The predicted octanol–water partition coefficient (Wildman–Crippen LogP) is 2.43. The lowest BCUT2D eigenvalue weighted by Crippen LogP contribution is -2.24. The van der Waals surface area contributed by atoms with Gasteiger partial charge < -0.3 is 9.64 Å². The topological polar surface area (TPSA) is 49.1 Å². The molecular weight excluding hydrogens is 238 g/mol. The summed E-state index contributed by atoms with van der Waals surface area (Å²) in [6.07, 6.45) is 2.63. The van der Waals surface area contributed by atoms with Gasteiger partial charge in [-0.2, -0.15) is 5.26 Å². The van der Waals surface area contributed by atoms with Gasteiger partial charge in [0, 0.05) is 25.9 Å². The molecule has 19 heavy (non-hydrogen) atoms. The van der Waals surface area contributed by atoms with Gasteiger partial charge in [-0.05, 0) is 38.7 Å². The van der Waals surface area contributed by atoms with Crippen molar-refractivity contribution in [3.05, 3.63) is 23.0 Å². The minimum absolute atomic E-state index is 0.662. The number of anilines is 1. The van der Waals surface area contributed by atoms with E-state index in [0.717, 1.165) is 36.1 Å². The van der Waals surface area contributed by atoms with Gasteiger partial charge in [-0.1, -0.05) is 0 Å². The lowest BCUT2D eigenvalue weighted by molar-refractivity contribution is 0.131. The first-order valence-corrected chi connectivity index (χ1v) is 6.79. The maximum atomic E-state index is 9.24. The molecule has 0 aliphatic heterocycles. The zero-order valence-corrected chi connectivity index (χ0v) is 11.9. The third-order valence-electron chi connectivity index (χ3n) is 3.45. The summed E-state index contributed by atoms with van der Waals surface area (Å²) < 4.78 is 5.64. The first kappa shape index (κ1) is 13.8. The van der Waals surface area contributed by atoms with Crippen molar-refractivity contribution in [1.29, 1.82) is 5.26 Å². The molecule has 0 N–H and O–H groups in total. The zero-order chi connectivity index (χ0) is 13.8. The van der Waals surface area contributed by atoms with Crippen molar-refractivity contribution in [2.24, 2.45) is 5.92 Å². The summed E-state index contributed by atoms with van der Waals surface area (Å²) in [6, 6.07) is 4.21. The Morgan fingerprint density at radius 1 is 1.47 bits per heavy atom. The highest BCUT2D eigenvalue weighted by molar-refractivity contribution is 5.61. The molecule has 0 atom stereocenters. The van der Waals surface area contributed by atoms with E-state index >= 15 is 0 Å². The maximum absolute atomic E-state index is 9.24. The van der Waals surface area contributed by atoms with Gasteiger partial charge in [0.1, 0.15) is 6.07 Å². The van der Waals surface area contributed by atoms with Gasteiger partial charge in [-0.3, -0.25) is 4.98 Å². The van der Waals surface area contributed by atoms with E-state index in [0.29, 0.717) is 12.2 Å². The Bertz CT molecular complexity index is 489. The molecule has 4 heteroatoms. The van der Waals surface area contributed by atoms with Gasteiger partial charge in [0.05, 0.1) is 23.6 Å². The average Bonchev–Trinajstić information content (AvgIpc) is 3.17. The number of nitrogens with zero attached hydrogens (tertiary/aromatic N) is 3. The first-order valence-electron chi connectivity index (χ1n) is 6.79. The highest BCUT2D eigenvalue weighted by Crippen LogP contribution is 2.28. The lowest BCUT2D eigenvalue weighted by Gasteiger charge is -2.21. The standard InChI is InChI=1S/C15H21N3O/c1-11-8-15(14(9-16)12(2)17-11)18(3)6-7-19-10-13-4-5-13/h8,13H,4-7,10H2,1-3H3. The number of hydrogen-bond donors (Lipinski definition) is 0. The average molecular weight is 259 g/mol. The number of rotatable bonds is 6. The number of aryl methyl sites for hydroxylation is 2. The van der Waals surface area contributed by atoms with Gasteiger partial charge in [-0.15, -0.1) is 0 Å². The van der Waals surface area contributed by atoms with Crippen LogP contribution in [-0.2, 0) is 4.74 Å². The highest BCUT2D eigenvalue weighted by Gasteiger charge is 2.21. The van der Waals surface area contributed by atoms with Gasteiger partial charge in [0.2, 0.25) is 0 Å². The van der Waals surface area contributed by atoms with E-state index in [9.17, 15) is 5.26 Å². The molecule has 0 amide bonds. The van der Waals surface area contributed by atoms with Crippen molar-refractivity contribution < 1.29 is 4.74 Å². The minimum atomic E-state index is 0.662. The predicted molar refractivity (Wildman–Crippen MR) is 75.2 cm³/mol. The SMILES string of the molecule is Cc1cc(N(C)CCOCC2CC2)c(C#N)c(C)n1. The molecule has 0 unspecified atom stereocenters. The van der Waals surface area contributed by atoms with Crippen molar-refractivity contribution in [3.8, 4) is 6.07 Å². The van der Waals surface area contributed by atoms with Gasteiger partial charge in [-0.25, -0.2) is 0 Å². The van der Waals surface area contributed by atoms with E-state index in [-0.39, 0.29) is 0 Å².